The van der Waals surface area contributed by atoms with E-state index < -0.39 is 10.1 Å². The Kier molecular flexibility index (Phi) is 2.94. The Morgan fingerprint density at radius 3 is 2.50 bits per heavy atom. The van der Waals surface area contributed by atoms with Gasteiger partial charge in [0.25, 0.3) is 0 Å². The van der Waals surface area contributed by atoms with Crippen LogP contribution in [-0.2, 0) is 10.1 Å². The maximum Gasteiger partial charge on any atom is 0.357 e. The van der Waals surface area contributed by atoms with Gasteiger partial charge in [0, 0.05) is 0 Å². The van der Waals surface area contributed by atoms with Crippen molar-refractivity contribution in [3.8, 4) is 0 Å². The highest BCUT2D eigenvalue weighted by Crippen LogP contribution is 2.15. The molecular formula is C14H12N2O3S. The van der Waals surface area contributed by atoms with Crippen LogP contribution in [0.3, 0.4) is 0 Å². The van der Waals surface area contributed by atoms with E-state index in [0.29, 0.717) is 11.0 Å². The van der Waals surface area contributed by atoms with Crippen molar-refractivity contribution in [1.82, 2.24) is 9.71 Å². The SMILES string of the molecule is Cc1ccc(S(=O)(=O)On2cnc3ccccc32)cc1. The third-order valence-corrected chi connectivity index (χ3v) is 4.12. The van der Waals surface area contributed by atoms with E-state index in [1.807, 2.05) is 13.0 Å². The number of nitrogens with zero attached hydrogens (tertiary/aromatic N) is 2. The molecule has 0 saturated carbocycles. The first-order valence-electron chi connectivity index (χ1n) is 6.00. The molecule has 0 bridgehead atoms. The van der Waals surface area contributed by atoms with Gasteiger partial charge in [-0.3, -0.25) is 4.28 Å². The molecule has 0 N–H and O–H groups in total. The summed E-state index contributed by atoms with van der Waals surface area (Å²) in [6.45, 7) is 1.89. The fourth-order valence-corrected chi connectivity index (χ4v) is 2.74. The van der Waals surface area contributed by atoms with E-state index in [-0.39, 0.29) is 4.90 Å². The van der Waals surface area contributed by atoms with Gasteiger partial charge in [0.05, 0.1) is 5.52 Å². The van der Waals surface area contributed by atoms with Gasteiger partial charge in [0.15, 0.2) is 0 Å². The number of imidazole rings is 1. The molecule has 0 unspecified atom stereocenters. The minimum atomic E-state index is -3.87. The van der Waals surface area contributed by atoms with Crippen LogP contribution < -0.4 is 4.28 Å². The molecule has 0 amide bonds. The predicted molar refractivity (Wildman–Crippen MR) is 74.7 cm³/mol. The Morgan fingerprint density at radius 1 is 1.05 bits per heavy atom. The van der Waals surface area contributed by atoms with Gasteiger partial charge >= 0.3 is 10.1 Å². The lowest BCUT2D eigenvalue weighted by Crippen LogP contribution is -2.19. The van der Waals surface area contributed by atoms with Gasteiger partial charge in [0.2, 0.25) is 0 Å². The summed E-state index contributed by atoms with van der Waals surface area (Å²) in [5.41, 5.74) is 2.26. The largest absolute Gasteiger partial charge is 0.357 e. The van der Waals surface area contributed by atoms with Crippen molar-refractivity contribution in [2.45, 2.75) is 11.8 Å². The Balaban J connectivity index is 1.99. The molecule has 102 valence electrons. The van der Waals surface area contributed by atoms with Crippen LogP contribution in [-0.4, -0.2) is 18.1 Å². The van der Waals surface area contributed by atoms with Crippen molar-refractivity contribution in [3.63, 3.8) is 0 Å². The normalized spacial score (nSPS) is 11.7. The molecule has 6 heteroatoms. The van der Waals surface area contributed by atoms with E-state index in [4.69, 9.17) is 4.28 Å². The Morgan fingerprint density at radius 2 is 1.75 bits per heavy atom. The highest BCUT2D eigenvalue weighted by atomic mass is 32.2. The monoisotopic (exact) mass is 288 g/mol. The topological polar surface area (TPSA) is 61.2 Å². The quantitative estimate of drug-likeness (QED) is 0.741. The van der Waals surface area contributed by atoms with Crippen molar-refractivity contribution >= 4 is 21.2 Å². The lowest BCUT2D eigenvalue weighted by atomic mass is 10.2. The second-order valence-electron chi connectivity index (χ2n) is 4.40. The number of hydrogen-bond donors (Lipinski definition) is 0. The summed E-state index contributed by atoms with van der Waals surface area (Å²) in [6, 6.07) is 13.6. The van der Waals surface area contributed by atoms with Gasteiger partial charge in [-0.1, -0.05) is 29.8 Å². The summed E-state index contributed by atoms with van der Waals surface area (Å²) >= 11 is 0. The number of para-hydroxylation sites is 2. The highest BCUT2D eigenvalue weighted by Gasteiger charge is 2.17. The van der Waals surface area contributed by atoms with Gasteiger partial charge in [-0.25, -0.2) is 4.98 Å². The van der Waals surface area contributed by atoms with Gasteiger partial charge in [-0.2, -0.15) is 13.1 Å². The van der Waals surface area contributed by atoms with Crippen LogP contribution in [0, 0.1) is 6.92 Å². The predicted octanol–water partition coefficient (Wildman–Crippen LogP) is 2.16. The average molecular weight is 288 g/mol. The molecule has 1 heterocycles. The smallest absolute Gasteiger partial charge is 0.282 e. The molecule has 0 radical (unpaired) electrons. The van der Waals surface area contributed by atoms with Crippen LogP contribution in [0.4, 0.5) is 0 Å². The van der Waals surface area contributed by atoms with Gasteiger partial charge in [0.1, 0.15) is 16.7 Å². The van der Waals surface area contributed by atoms with E-state index in [2.05, 4.69) is 4.98 Å². The Bertz CT molecular complexity index is 852. The molecule has 3 aromatic rings. The molecule has 0 saturated heterocycles. The van der Waals surface area contributed by atoms with E-state index in [0.717, 1.165) is 10.3 Å². The average Bonchev–Trinajstić information content (AvgIpc) is 2.82. The van der Waals surface area contributed by atoms with E-state index >= 15 is 0 Å². The van der Waals surface area contributed by atoms with E-state index in [1.54, 1.807) is 30.3 Å². The maximum absolute atomic E-state index is 12.2. The number of fused-ring (bicyclic) bond motifs is 1. The van der Waals surface area contributed by atoms with Crippen LogP contribution in [0.2, 0.25) is 0 Å². The number of rotatable bonds is 3. The zero-order chi connectivity index (χ0) is 14.2. The third kappa shape index (κ3) is 2.25. The number of aryl methyl sites for hydroxylation is 1. The van der Waals surface area contributed by atoms with E-state index in [1.165, 1.54) is 18.5 Å². The van der Waals surface area contributed by atoms with Crippen LogP contribution in [0.25, 0.3) is 11.0 Å². The zero-order valence-electron chi connectivity index (χ0n) is 10.7. The molecule has 20 heavy (non-hydrogen) atoms. The zero-order valence-corrected chi connectivity index (χ0v) is 11.5. The third-order valence-electron chi connectivity index (χ3n) is 2.91. The molecular weight excluding hydrogens is 276 g/mol. The molecule has 0 aliphatic heterocycles. The molecule has 1 aromatic heterocycles. The molecule has 0 aliphatic rings. The van der Waals surface area contributed by atoms with Crippen LogP contribution in [0.5, 0.6) is 0 Å². The summed E-state index contributed by atoms with van der Waals surface area (Å²) in [5.74, 6) is 0. The lowest BCUT2D eigenvalue weighted by Gasteiger charge is -2.07. The van der Waals surface area contributed by atoms with Gasteiger partial charge in [-0.15, -0.1) is 0 Å². The second kappa shape index (κ2) is 4.64. The Labute approximate surface area is 116 Å². The first kappa shape index (κ1) is 12.7. The van der Waals surface area contributed by atoms with Crippen LogP contribution >= 0.6 is 0 Å². The molecule has 2 aromatic carbocycles. The minimum Gasteiger partial charge on any atom is -0.282 e. The molecule has 0 fully saturated rings. The number of benzene rings is 2. The first-order chi connectivity index (χ1) is 9.56. The molecule has 0 aliphatic carbocycles. The molecule has 3 rings (SSSR count). The second-order valence-corrected chi connectivity index (χ2v) is 5.93. The van der Waals surface area contributed by atoms with Crippen LogP contribution in [0.1, 0.15) is 5.56 Å². The molecule has 0 atom stereocenters. The minimum absolute atomic E-state index is 0.112. The Hall–Kier alpha value is -2.34. The highest BCUT2D eigenvalue weighted by molar-refractivity contribution is 7.87. The standard InChI is InChI=1S/C14H12N2O3S/c1-11-6-8-12(9-7-11)20(17,18)19-16-10-15-13-4-2-3-5-14(13)16/h2-10H,1H3. The maximum atomic E-state index is 12.2. The van der Waals surface area contributed by atoms with Crippen LogP contribution in [0.15, 0.2) is 59.8 Å². The van der Waals surface area contributed by atoms with Gasteiger partial charge in [-0.05, 0) is 31.2 Å². The molecule has 5 nitrogen and oxygen atoms in total. The van der Waals surface area contributed by atoms with Crippen molar-refractivity contribution in [3.05, 3.63) is 60.4 Å². The summed E-state index contributed by atoms with van der Waals surface area (Å²) in [7, 11) is -3.87. The summed E-state index contributed by atoms with van der Waals surface area (Å²) < 4.78 is 30.6. The lowest BCUT2D eigenvalue weighted by molar-refractivity contribution is 0.290. The van der Waals surface area contributed by atoms with Crippen molar-refractivity contribution in [2.24, 2.45) is 0 Å². The van der Waals surface area contributed by atoms with Crippen molar-refractivity contribution in [1.29, 1.82) is 0 Å². The van der Waals surface area contributed by atoms with E-state index in [9.17, 15) is 8.42 Å². The number of aromatic nitrogens is 2. The summed E-state index contributed by atoms with van der Waals surface area (Å²) in [5, 5.41) is 0. The van der Waals surface area contributed by atoms with Crippen molar-refractivity contribution < 1.29 is 12.7 Å². The first-order valence-corrected chi connectivity index (χ1v) is 7.41. The fraction of sp³-hybridized carbons (Fsp3) is 0.0714. The van der Waals surface area contributed by atoms with Gasteiger partial charge < -0.3 is 0 Å². The number of hydrogen-bond acceptors (Lipinski definition) is 4. The fourth-order valence-electron chi connectivity index (χ4n) is 1.85. The van der Waals surface area contributed by atoms with Crippen molar-refractivity contribution in [2.75, 3.05) is 0 Å². The summed E-state index contributed by atoms with van der Waals surface area (Å²) in [4.78, 5) is 4.20. The molecule has 0 spiro atoms. The summed E-state index contributed by atoms with van der Waals surface area (Å²) in [6.07, 6.45) is 1.34.